The second kappa shape index (κ2) is 5.02. The minimum Gasteiger partial charge on any atom is -0.264 e. The molecule has 0 aliphatic carbocycles. The lowest BCUT2D eigenvalue weighted by molar-refractivity contribution is 1.18. The first-order valence-corrected chi connectivity index (χ1v) is 7.19. The number of pyridine rings is 1. The highest BCUT2D eigenvalue weighted by molar-refractivity contribution is 5.86. The van der Waals surface area contributed by atoms with Gasteiger partial charge in [-0.2, -0.15) is 0 Å². The SMILES string of the molecule is c1ccc2cc(Cc3cncc4ccccc34)ccc2c1. The molecule has 0 spiro atoms. The van der Waals surface area contributed by atoms with E-state index in [1.807, 2.05) is 12.4 Å². The maximum atomic E-state index is 4.37. The van der Waals surface area contributed by atoms with Gasteiger partial charge in [-0.1, -0.05) is 66.7 Å². The Labute approximate surface area is 123 Å². The van der Waals surface area contributed by atoms with Crippen molar-refractivity contribution in [2.45, 2.75) is 6.42 Å². The van der Waals surface area contributed by atoms with Crippen molar-refractivity contribution in [3.8, 4) is 0 Å². The molecule has 1 nitrogen and oxygen atoms in total. The molecule has 1 aromatic heterocycles. The Kier molecular flexibility index (Phi) is 2.89. The molecule has 0 atom stereocenters. The largest absolute Gasteiger partial charge is 0.264 e. The van der Waals surface area contributed by atoms with Gasteiger partial charge in [-0.25, -0.2) is 0 Å². The van der Waals surface area contributed by atoms with Crippen LogP contribution in [0.1, 0.15) is 11.1 Å². The van der Waals surface area contributed by atoms with Gasteiger partial charge in [0.2, 0.25) is 0 Å². The Morgan fingerprint density at radius 2 is 1.43 bits per heavy atom. The average molecular weight is 269 g/mol. The predicted molar refractivity (Wildman–Crippen MR) is 88.5 cm³/mol. The van der Waals surface area contributed by atoms with Crippen molar-refractivity contribution in [2.75, 3.05) is 0 Å². The van der Waals surface area contributed by atoms with E-state index in [1.54, 1.807) is 0 Å². The first kappa shape index (κ1) is 12.1. The number of benzene rings is 3. The molecule has 0 unspecified atom stereocenters. The monoisotopic (exact) mass is 269 g/mol. The average Bonchev–Trinajstić information content (AvgIpc) is 2.55. The summed E-state index contributed by atoms with van der Waals surface area (Å²) in [5.74, 6) is 0. The highest BCUT2D eigenvalue weighted by atomic mass is 14.6. The Hall–Kier alpha value is -2.67. The van der Waals surface area contributed by atoms with E-state index in [2.05, 4.69) is 71.7 Å². The lowest BCUT2D eigenvalue weighted by Gasteiger charge is -2.07. The van der Waals surface area contributed by atoms with Crippen LogP contribution in [0.5, 0.6) is 0 Å². The van der Waals surface area contributed by atoms with Crippen LogP contribution in [-0.4, -0.2) is 4.98 Å². The smallest absolute Gasteiger partial charge is 0.0346 e. The van der Waals surface area contributed by atoms with Crippen molar-refractivity contribution in [1.29, 1.82) is 0 Å². The van der Waals surface area contributed by atoms with Gasteiger partial charge in [0.15, 0.2) is 0 Å². The molecule has 0 radical (unpaired) electrons. The van der Waals surface area contributed by atoms with Gasteiger partial charge in [-0.15, -0.1) is 0 Å². The van der Waals surface area contributed by atoms with Crippen LogP contribution in [0.25, 0.3) is 21.5 Å². The number of nitrogens with zero attached hydrogens (tertiary/aromatic N) is 1. The molecule has 4 rings (SSSR count). The van der Waals surface area contributed by atoms with E-state index >= 15 is 0 Å². The van der Waals surface area contributed by atoms with Crippen LogP contribution in [0.15, 0.2) is 79.1 Å². The molecule has 0 saturated heterocycles. The van der Waals surface area contributed by atoms with Crippen LogP contribution in [0.2, 0.25) is 0 Å². The lowest BCUT2D eigenvalue weighted by atomic mass is 9.99. The summed E-state index contributed by atoms with van der Waals surface area (Å²) < 4.78 is 0. The molecule has 4 aromatic rings. The molecule has 0 amide bonds. The Bertz CT molecular complexity index is 919. The second-order valence-corrected chi connectivity index (χ2v) is 5.38. The van der Waals surface area contributed by atoms with Crippen LogP contribution in [0, 0.1) is 0 Å². The van der Waals surface area contributed by atoms with E-state index in [9.17, 15) is 0 Å². The van der Waals surface area contributed by atoms with E-state index in [1.165, 1.54) is 32.7 Å². The molecule has 0 saturated carbocycles. The zero-order valence-electron chi connectivity index (χ0n) is 11.7. The van der Waals surface area contributed by atoms with Gasteiger partial charge in [0.1, 0.15) is 0 Å². The molecule has 0 aliphatic heterocycles. The van der Waals surface area contributed by atoms with Gasteiger partial charge in [0.25, 0.3) is 0 Å². The number of fused-ring (bicyclic) bond motifs is 2. The number of hydrogen-bond acceptors (Lipinski definition) is 1. The van der Waals surface area contributed by atoms with E-state index in [4.69, 9.17) is 0 Å². The fourth-order valence-corrected chi connectivity index (χ4v) is 2.89. The highest BCUT2D eigenvalue weighted by Crippen LogP contribution is 2.22. The topological polar surface area (TPSA) is 12.9 Å². The summed E-state index contributed by atoms with van der Waals surface area (Å²) >= 11 is 0. The molecule has 1 heterocycles. The molecule has 0 fully saturated rings. The third-order valence-electron chi connectivity index (χ3n) is 3.96. The summed E-state index contributed by atoms with van der Waals surface area (Å²) in [6.45, 7) is 0. The molecular formula is C20H15N. The van der Waals surface area contributed by atoms with Crippen molar-refractivity contribution in [3.05, 3.63) is 90.3 Å². The Balaban J connectivity index is 1.79. The van der Waals surface area contributed by atoms with E-state index in [-0.39, 0.29) is 0 Å². The maximum absolute atomic E-state index is 4.37. The summed E-state index contributed by atoms with van der Waals surface area (Å²) in [5, 5.41) is 5.08. The highest BCUT2D eigenvalue weighted by Gasteiger charge is 2.03. The molecule has 0 N–H and O–H groups in total. The van der Waals surface area contributed by atoms with Gasteiger partial charge in [-0.3, -0.25) is 4.98 Å². The minimum absolute atomic E-state index is 0.916. The van der Waals surface area contributed by atoms with Crippen LogP contribution >= 0.6 is 0 Å². The van der Waals surface area contributed by atoms with E-state index < -0.39 is 0 Å². The van der Waals surface area contributed by atoms with Crippen molar-refractivity contribution >= 4 is 21.5 Å². The molecule has 1 heteroatoms. The quantitative estimate of drug-likeness (QED) is 0.500. The predicted octanol–water partition coefficient (Wildman–Crippen LogP) is 4.98. The lowest BCUT2D eigenvalue weighted by Crippen LogP contribution is -1.91. The van der Waals surface area contributed by atoms with Crippen molar-refractivity contribution in [3.63, 3.8) is 0 Å². The van der Waals surface area contributed by atoms with Gasteiger partial charge in [-0.05, 0) is 33.7 Å². The summed E-state index contributed by atoms with van der Waals surface area (Å²) in [6, 6.07) is 23.6. The third-order valence-corrected chi connectivity index (χ3v) is 3.96. The standard InChI is InChI=1S/C20H15N/c1-2-6-17-11-15(9-10-16(17)5-1)12-19-14-21-13-18-7-3-4-8-20(18)19/h1-11,13-14H,12H2. The zero-order valence-corrected chi connectivity index (χ0v) is 11.7. The molecule has 3 aromatic carbocycles. The summed E-state index contributed by atoms with van der Waals surface area (Å²) in [6.07, 6.45) is 4.83. The number of aromatic nitrogens is 1. The molecule has 100 valence electrons. The fourth-order valence-electron chi connectivity index (χ4n) is 2.89. The first-order chi connectivity index (χ1) is 10.4. The normalized spacial score (nSPS) is 11.0. The number of hydrogen-bond donors (Lipinski definition) is 0. The zero-order chi connectivity index (χ0) is 14.1. The summed E-state index contributed by atoms with van der Waals surface area (Å²) in [4.78, 5) is 4.37. The third kappa shape index (κ3) is 2.27. The van der Waals surface area contributed by atoms with Gasteiger partial charge in [0, 0.05) is 17.8 Å². The van der Waals surface area contributed by atoms with Gasteiger partial charge in [0.05, 0.1) is 0 Å². The van der Waals surface area contributed by atoms with Crippen LogP contribution in [0.4, 0.5) is 0 Å². The fraction of sp³-hybridized carbons (Fsp3) is 0.0500. The maximum Gasteiger partial charge on any atom is 0.0346 e. The van der Waals surface area contributed by atoms with Crippen LogP contribution in [0.3, 0.4) is 0 Å². The molecule has 21 heavy (non-hydrogen) atoms. The van der Waals surface area contributed by atoms with Gasteiger partial charge >= 0.3 is 0 Å². The van der Waals surface area contributed by atoms with Crippen LogP contribution < -0.4 is 0 Å². The molecule has 0 aliphatic rings. The Morgan fingerprint density at radius 3 is 2.33 bits per heavy atom. The van der Waals surface area contributed by atoms with Gasteiger partial charge < -0.3 is 0 Å². The molecule has 0 bridgehead atoms. The van der Waals surface area contributed by atoms with Crippen LogP contribution in [-0.2, 0) is 6.42 Å². The van der Waals surface area contributed by atoms with E-state index in [0.29, 0.717) is 0 Å². The minimum atomic E-state index is 0.916. The van der Waals surface area contributed by atoms with Crippen molar-refractivity contribution < 1.29 is 0 Å². The number of rotatable bonds is 2. The second-order valence-electron chi connectivity index (χ2n) is 5.38. The first-order valence-electron chi connectivity index (χ1n) is 7.19. The summed E-state index contributed by atoms with van der Waals surface area (Å²) in [7, 11) is 0. The Morgan fingerprint density at radius 1 is 0.667 bits per heavy atom. The summed E-state index contributed by atoms with van der Waals surface area (Å²) in [5.41, 5.74) is 2.61. The molecular weight excluding hydrogens is 254 g/mol. The van der Waals surface area contributed by atoms with Crippen molar-refractivity contribution in [2.24, 2.45) is 0 Å². The van der Waals surface area contributed by atoms with E-state index in [0.717, 1.165) is 6.42 Å². The van der Waals surface area contributed by atoms with Crippen molar-refractivity contribution in [1.82, 2.24) is 4.98 Å².